The van der Waals surface area contributed by atoms with E-state index in [4.69, 9.17) is 0 Å². The zero-order valence-corrected chi connectivity index (χ0v) is 6.97. The topological polar surface area (TPSA) is 28.7 Å². The van der Waals surface area contributed by atoms with E-state index >= 15 is 0 Å². The van der Waals surface area contributed by atoms with Crippen molar-refractivity contribution in [2.24, 2.45) is 0 Å². The summed E-state index contributed by atoms with van der Waals surface area (Å²) in [5.74, 6) is 0. The van der Waals surface area contributed by atoms with Crippen molar-refractivity contribution in [1.82, 2.24) is 10.2 Å². The van der Waals surface area contributed by atoms with Crippen LogP contribution in [0.1, 0.15) is 5.69 Å². The van der Waals surface area contributed by atoms with E-state index in [1.807, 2.05) is 0 Å². The molecule has 2 nitrogen and oxygen atoms in total. The highest BCUT2D eigenvalue weighted by atomic mass is 127. The number of alkyl halides is 3. The maximum Gasteiger partial charge on any atom is 0.432 e. The summed E-state index contributed by atoms with van der Waals surface area (Å²) < 4.78 is 34.6. The zero-order valence-electron chi connectivity index (χ0n) is 4.64. The van der Waals surface area contributed by atoms with Gasteiger partial charge in [-0.3, -0.25) is 5.10 Å². The molecule has 0 amide bonds. The molecule has 0 saturated heterocycles. The van der Waals surface area contributed by atoms with Crippen molar-refractivity contribution in [3.8, 4) is 0 Å². The largest absolute Gasteiger partial charge is 0.432 e. The Balaban J connectivity index is 0.000000810. The molecule has 0 saturated carbocycles. The van der Waals surface area contributed by atoms with E-state index in [0.29, 0.717) is 0 Å². The molecule has 6 heteroatoms. The Morgan fingerprint density at radius 2 is 2.00 bits per heavy atom. The summed E-state index contributed by atoms with van der Waals surface area (Å²) in [4.78, 5) is 0. The Bertz CT molecular complexity index is 181. The van der Waals surface area contributed by atoms with Gasteiger partial charge in [-0.25, -0.2) is 0 Å². The monoisotopic (exact) mass is 264 g/mol. The third kappa shape index (κ3) is 2.16. The minimum absolute atomic E-state index is 0. The SMILES string of the molecule is FC(F)(F)c1ccn[nH]1.I. The van der Waals surface area contributed by atoms with Crippen molar-refractivity contribution in [2.45, 2.75) is 6.18 Å². The first-order chi connectivity index (χ1) is 4.11. The predicted molar refractivity (Wildman–Crippen MR) is 39.0 cm³/mol. The van der Waals surface area contributed by atoms with Crippen LogP contribution in [0.2, 0.25) is 0 Å². The van der Waals surface area contributed by atoms with E-state index in [1.165, 1.54) is 0 Å². The molecule has 1 aromatic rings. The Morgan fingerprint density at radius 3 is 2.20 bits per heavy atom. The number of H-pyrrole nitrogens is 1. The van der Waals surface area contributed by atoms with Crippen LogP contribution >= 0.6 is 24.0 Å². The van der Waals surface area contributed by atoms with Crippen LogP contribution in [-0.4, -0.2) is 10.2 Å². The third-order valence-corrected chi connectivity index (χ3v) is 0.806. The molecule has 1 heterocycles. The van der Waals surface area contributed by atoms with Gasteiger partial charge in [0.15, 0.2) is 0 Å². The maximum absolute atomic E-state index is 11.5. The Morgan fingerprint density at radius 1 is 1.40 bits per heavy atom. The van der Waals surface area contributed by atoms with Crippen molar-refractivity contribution in [3.05, 3.63) is 18.0 Å². The summed E-state index contributed by atoms with van der Waals surface area (Å²) in [5, 5.41) is 4.95. The van der Waals surface area contributed by atoms with Crippen molar-refractivity contribution in [3.63, 3.8) is 0 Å². The van der Waals surface area contributed by atoms with Crippen LogP contribution in [0.25, 0.3) is 0 Å². The van der Waals surface area contributed by atoms with E-state index in [-0.39, 0.29) is 24.0 Å². The summed E-state index contributed by atoms with van der Waals surface area (Å²) in [6, 6.07) is 0.875. The average molecular weight is 264 g/mol. The number of hydrogen-bond acceptors (Lipinski definition) is 1. The second-order valence-corrected chi connectivity index (χ2v) is 1.47. The quantitative estimate of drug-likeness (QED) is 0.714. The molecule has 1 rings (SSSR count). The lowest BCUT2D eigenvalue weighted by atomic mass is 10.4. The van der Waals surface area contributed by atoms with Gasteiger partial charge < -0.3 is 0 Å². The number of nitrogens with one attached hydrogen (secondary N) is 1. The van der Waals surface area contributed by atoms with Crippen molar-refractivity contribution >= 4 is 24.0 Å². The molecule has 0 atom stereocenters. The number of aromatic nitrogens is 2. The summed E-state index contributed by atoms with van der Waals surface area (Å²) in [5.41, 5.74) is -0.817. The standard InChI is InChI=1S/C4H3F3N2.HI/c5-4(6,7)3-1-2-8-9-3;/h1-2H,(H,8,9);1H. The summed E-state index contributed by atoms with van der Waals surface area (Å²) in [7, 11) is 0. The highest BCUT2D eigenvalue weighted by Crippen LogP contribution is 2.26. The van der Waals surface area contributed by atoms with Gasteiger partial charge in [0.25, 0.3) is 0 Å². The van der Waals surface area contributed by atoms with E-state index in [9.17, 15) is 13.2 Å². The molecule has 1 aromatic heterocycles. The molecule has 0 aromatic carbocycles. The molecular formula is C4H4F3IN2. The molecule has 0 aliphatic heterocycles. The van der Waals surface area contributed by atoms with Gasteiger partial charge in [0.1, 0.15) is 5.69 Å². The predicted octanol–water partition coefficient (Wildman–Crippen LogP) is 2.05. The molecule has 10 heavy (non-hydrogen) atoms. The molecule has 0 aliphatic carbocycles. The summed E-state index contributed by atoms with van der Waals surface area (Å²) >= 11 is 0. The molecular weight excluding hydrogens is 260 g/mol. The lowest BCUT2D eigenvalue weighted by Crippen LogP contribution is -2.04. The Hall–Kier alpha value is -0.270. The minimum Gasteiger partial charge on any atom is -0.274 e. The number of rotatable bonds is 0. The minimum atomic E-state index is -4.30. The Labute approximate surface area is 71.8 Å². The molecule has 0 fully saturated rings. The van der Waals surface area contributed by atoms with Gasteiger partial charge in [-0.1, -0.05) is 0 Å². The number of aromatic amines is 1. The molecule has 0 bridgehead atoms. The lowest BCUT2D eigenvalue weighted by molar-refractivity contribution is -0.141. The zero-order chi connectivity index (χ0) is 6.91. The van der Waals surface area contributed by atoms with Gasteiger partial charge in [-0.15, -0.1) is 24.0 Å². The van der Waals surface area contributed by atoms with Crippen LogP contribution < -0.4 is 0 Å². The van der Waals surface area contributed by atoms with Gasteiger partial charge in [0.2, 0.25) is 0 Å². The van der Waals surface area contributed by atoms with Crippen LogP contribution in [0.5, 0.6) is 0 Å². The van der Waals surface area contributed by atoms with Gasteiger partial charge >= 0.3 is 6.18 Å². The fourth-order valence-corrected chi connectivity index (χ4v) is 0.414. The van der Waals surface area contributed by atoms with Gasteiger partial charge in [0, 0.05) is 6.20 Å². The summed E-state index contributed by atoms with van der Waals surface area (Å²) in [6.45, 7) is 0. The first-order valence-corrected chi connectivity index (χ1v) is 2.17. The molecule has 0 radical (unpaired) electrons. The molecule has 0 unspecified atom stereocenters. The van der Waals surface area contributed by atoms with Crippen molar-refractivity contribution in [1.29, 1.82) is 0 Å². The third-order valence-electron chi connectivity index (χ3n) is 0.806. The fraction of sp³-hybridized carbons (Fsp3) is 0.250. The second kappa shape index (κ2) is 3.22. The van der Waals surface area contributed by atoms with E-state index in [0.717, 1.165) is 12.3 Å². The Kier molecular flexibility index (Phi) is 3.13. The van der Waals surface area contributed by atoms with Crippen LogP contribution in [0.15, 0.2) is 12.3 Å². The van der Waals surface area contributed by atoms with Gasteiger partial charge in [-0.2, -0.15) is 18.3 Å². The van der Waals surface area contributed by atoms with Gasteiger partial charge in [0.05, 0.1) is 0 Å². The fourth-order valence-electron chi connectivity index (χ4n) is 0.414. The lowest BCUT2D eigenvalue weighted by Gasteiger charge is -1.99. The van der Waals surface area contributed by atoms with E-state index in [1.54, 1.807) is 5.10 Å². The maximum atomic E-state index is 11.5. The highest BCUT2D eigenvalue weighted by molar-refractivity contribution is 14.0. The van der Waals surface area contributed by atoms with Crippen LogP contribution in [-0.2, 0) is 6.18 Å². The van der Waals surface area contributed by atoms with Crippen molar-refractivity contribution < 1.29 is 13.2 Å². The van der Waals surface area contributed by atoms with E-state index < -0.39 is 11.9 Å². The number of nitrogens with zero attached hydrogens (tertiary/aromatic N) is 1. The highest BCUT2D eigenvalue weighted by Gasteiger charge is 2.31. The second-order valence-electron chi connectivity index (χ2n) is 1.47. The van der Waals surface area contributed by atoms with Crippen LogP contribution in [0.4, 0.5) is 13.2 Å². The van der Waals surface area contributed by atoms with Crippen LogP contribution in [0.3, 0.4) is 0 Å². The number of hydrogen-bond donors (Lipinski definition) is 1. The number of halogens is 4. The van der Waals surface area contributed by atoms with Crippen molar-refractivity contribution in [2.75, 3.05) is 0 Å². The first kappa shape index (κ1) is 9.73. The average Bonchev–Trinajstić information content (AvgIpc) is 2.08. The smallest absolute Gasteiger partial charge is 0.274 e. The summed E-state index contributed by atoms with van der Waals surface area (Å²) in [6.07, 6.45) is -3.24. The van der Waals surface area contributed by atoms with Crippen LogP contribution in [0, 0.1) is 0 Å². The molecule has 0 spiro atoms. The molecule has 0 aliphatic rings. The normalized spacial score (nSPS) is 10.7. The molecule has 1 N–H and O–H groups in total. The van der Waals surface area contributed by atoms with E-state index in [2.05, 4.69) is 5.10 Å². The first-order valence-electron chi connectivity index (χ1n) is 2.17. The molecule has 58 valence electrons. The van der Waals surface area contributed by atoms with Gasteiger partial charge in [-0.05, 0) is 6.07 Å².